The van der Waals surface area contributed by atoms with Crippen LogP contribution in [0.2, 0.25) is 0 Å². The molecule has 25 heavy (non-hydrogen) atoms. The van der Waals surface area contributed by atoms with Crippen LogP contribution in [0.1, 0.15) is 16.1 Å². The number of carbonyl (C=O) groups excluding carboxylic acids is 1. The van der Waals surface area contributed by atoms with Crippen LogP contribution >= 0.6 is 15.9 Å². The summed E-state index contributed by atoms with van der Waals surface area (Å²) in [5.74, 6) is 0.159. The number of halogens is 1. The van der Waals surface area contributed by atoms with Crippen LogP contribution in [0.3, 0.4) is 0 Å². The number of hydrogen-bond donors (Lipinski definition) is 2. The number of amides is 1. The molecule has 0 radical (unpaired) electrons. The molecule has 1 aromatic heterocycles. The van der Waals surface area contributed by atoms with Gasteiger partial charge < -0.3 is 10.6 Å². The first-order valence-corrected chi connectivity index (χ1v) is 8.10. The number of rotatable bonds is 4. The van der Waals surface area contributed by atoms with Gasteiger partial charge in [-0.05, 0) is 52.3 Å². The minimum absolute atomic E-state index is 0.196. The minimum atomic E-state index is -0.371. The molecule has 3 rings (SSSR count). The third-order valence-electron chi connectivity index (χ3n) is 3.29. The standard InChI is InChI=1S/C18H12BrN5O/c19-14-3-1-2-4-15(14)24-17-11-21-16(10-22-17)18(25)23-13-7-5-12(9-20)6-8-13/h1-8,10-11H,(H,22,24)(H,23,25). The molecule has 0 unspecified atom stereocenters. The molecule has 0 saturated heterocycles. The molecule has 0 bridgehead atoms. The van der Waals surface area contributed by atoms with Crippen LogP contribution in [-0.2, 0) is 0 Å². The number of nitriles is 1. The lowest BCUT2D eigenvalue weighted by Crippen LogP contribution is -2.14. The predicted octanol–water partition coefficient (Wildman–Crippen LogP) is 4.11. The van der Waals surface area contributed by atoms with Crippen LogP contribution in [0, 0.1) is 11.3 Å². The molecule has 3 aromatic rings. The van der Waals surface area contributed by atoms with E-state index in [2.05, 4.69) is 36.5 Å². The number of carbonyl (C=O) groups is 1. The molecule has 2 N–H and O–H groups in total. The van der Waals surface area contributed by atoms with Gasteiger partial charge in [0.15, 0.2) is 0 Å². The van der Waals surface area contributed by atoms with Crippen LogP contribution in [0.15, 0.2) is 65.4 Å². The SMILES string of the molecule is N#Cc1ccc(NC(=O)c2cnc(Nc3ccccc3Br)cn2)cc1. The Bertz CT molecular complexity index is 933. The van der Waals surface area contributed by atoms with E-state index in [1.54, 1.807) is 24.3 Å². The molecule has 1 heterocycles. The molecule has 0 aliphatic carbocycles. The summed E-state index contributed by atoms with van der Waals surface area (Å²) in [6, 6.07) is 16.2. The maximum atomic E-state index is 12.2. The molecule has 0 aliphatic heterocycles. The monoisotopic (exact) mass is 393 g/mol. The molecular formula is C18H12BrN5O. The van der Waals surface area contributed by atoms with Crippen molar-refractivity contribution in [2.45, 2.75) is 0 Å². The van der Waals surface area contributed by atoms with Gasteiger partial charge in [0.1, 0.15) is 11.5 Å². The summed E-state index contributed by atoms with van der Waals surface area (Å²) in [5.41, 5.74) is 2.16. The van der Waals surface area contributed by atoms with Crippen molar-refractivity contribution in [3.63, 3.8) is 0 Å². The Hall–Kier alpha value is -3.24. The van der Waals surface area contributed by atoms with Crippen molar-refractivity contribution >= 4 is 39.0 Å². The van der Waals surface area contributed by atoms with Gasteiger partial charge in [0.05, 0.1) is 29.7 Å². The van der Waals surface area contributed by atoms with Gasteiger partial charge >= 0.3 is 0 Å². The quantitative estimate of drug-likeness (QED) is 0.695. The lowest BCUT2D eigenvalue weighted by Gasteiger charge is -2.08. The van der Waals surface area contributed by atoms with E-state index >= 15 is 0 Å². The van der Waals surface area contributed by atoms with Crippen LogP contribution in [0.5, 0.6) is 0 Å². The Morgan fingerprint density at radius 3 is 2.44 bits per heavy atom. The highest BCUT2D eigenvalue weighted by Crippen LogP contribution is 2.24. The molecule has 0 aliphatic rings. The molecule has 7 heteroatoms. The average molecular weight is 394 g/mol. The Morgan fingerprint density at radius 2 is 1.80 bits per heavy atom. The molecule has 0 fully saturated rings. The van der Waals surface area contributed by atoms with Gasteiger partial charge in [-0.15, -0.1) is 0 Å². The van der Waals surface area contributed by atoms with E-state index in [0.29, 0.717) is 17.1 Å². The van der Waals surface area contributed by atoms with Crippen LogP contribution in [-0.4, -0.2) is 15.9 Å². The van der Waals surface area contributed by atoms with Crippen molar-refractivity contribution < 1.29 is 4.79 Å². The summed E-state index contributed by atoms with van der Waals surface area (Å²) in [4.78, 5) is 20.5. The van der Waals surface area contributed by atoms with Gasteiger partial charge in [-0.2, -0.15) is 5.26 Å². The number of nitrogens with zero attached hydrogens (tertiary/aromatic N) is 3. The van der Waals surface area contributed by atoms with E-state index < -0.39 is 0 Å². The van der Waals surface area contributed by atoms with E-state index in [1.165, 1.54) is 12.4 Å². The molecule has 1 amide bonds. The Balaban J connectivity index is 1.68. The zero-order chi connectivity index (χ0) is 17.6. The molecule has 0 spiro atoms. The summed E-state index contributed by atoms with van der Waals surface area (Å²) in [6.45, 7) is 0. The zero-order valence-corrected chi connectivity index (χ0v) is 14.5. The largest absolute Gasteiger partial charge is 0.338 e. The van der Waals surface area contributed by atoms with Crippen molar-refractivity contribution in [3.05, 3.63) is 76.7 Å². The molecule has 6 nitrogen and oxygen atoms in total. The summed E-state index contributed by atoms with van der Waals surface area (Å²) in [7, 11) is 0. The molecule has 0 atom stereocenters. The maximum absolute atomic E-state index is 12.2. The fourth-order valence-corrected chi connectivity index (χ4v) is 2.42. The van der Waals surface area contributed by atoms with Crippen molar-refractivity contribution in [2.75, 3.05) is 10.6 Å². The normalized spacial score (nSPS) is 9.92. The van der Waals surface area contributed by atoms with Crippen molar-refractivity contribution in [3.8, 4) is 6.07 Å². The van der Waals surface area contributed by atoms with E-state index in [1.807, 2.05) is 30.3 Å². The molecule has 2 aromatic carbocycles. The van der Waals surface area contributed by atoms with Gasteiger partial charge in [0.25, 0.3) is 5.91 Å². The smallest absolute Gasteiger partial charge is 0.275 e. The number of anilines is 3. The predicted molar refractivity (Wildman–Crippen MR) is 98.6 cm³/mol. The lowest BCUT2D eigenvalue weighted by atomic mass is 10.2. The highest BCUT2D eigenvalue weighted by molar-refractivity contribution is 9.10. The van der Waals surface area contributed by atoms with Crippen molar-refractivity contribution in [1.82, 2.24) is 9.97 Å². The number of para-hydroxylation sites is 1. The van der Waals surface area contributed by atoms with Gasteiger partial charge in [-0.3, -0.25) is 4.79 Å². The van der Waals surface area contributed by atoms with E-state index in [9.17, 15) is 4.79 Å². The van der Waals surface area contributed by atoms with Gasteiger partial charge in [0.2, 0.25) is 0 Å². The lowest BCUT2D eigenvalue weighted by molar-refractivity contribution is 0.102. The first-order chi connectivity index (χ1) is 12.2. The maximum Gasteiger partial charge on any atom is 0.275 e. The summed E-state index contributed by atoms with van der Waals surface area (Å²) in [5, 5.41) is 14.6. The average Bonchev–Trinajstić information content (AvgIpc) is 2.65. The second kappa shape index (κ2) is 7.55. The highest BCUT2D eigenvalue weighted by atomic mass is 79.9. The Kier molecular flexibility index (Phi) is 5.02. The molecular weight excluding hydrogens is 382 g/mol. The Morgan fingerprint density at radius 1 is 1.04 bits per heavy atom. The van der Waals surface area contributed by atoms with Gasteiger partial charge in [-0.1, -0.05) is 12.1 Å². The van der Waals surface area contributed by atoms with Crippen molar-refractivity contribution in [2.24, 2.45) is 0 Å². The fraction of sp³-hybridized carbons (Fsp3) is 0. The van der Waals surface area contributed by atoms with Crippen LogP contribution in [0.4, 0.5) is 17.2 Å². The number of benzene rings is 2. The van der Waals surface area contributed by atoms with E-state index in [4.69, 9.17) is 5.26 Å². The Labute approximate surface area is 152 Å². The summed E-state index contributed by atoms with van der Waals surface area (Å²) in [6.07, 6.45) is 2.89. The highest BCUT2D eigenvalue weighted by Gasteiger charge is 2.09. The van der Waals surface area contributed by atoms with Crippen molar-refractivity contribution in [1.29, 1.82) is 5.26 Å². The van der Waals surface area contributed by atoms with E-state index in [-0.39, 0.29) is 11.6 Å². The zero-order valence-electron chi connectivity index (χ0n) is 12.9. The van der Waals surface area contributed by atoms with Gasteiger partial charge in [0, 0.05) is 10.2 Å². The topological polar surface area (TPSA) is 90.7 Å². The minimum Gasteiger partial charge on any atom is -0.338 e. The first kappa shape index (κ1) is 16.6. The second-order valence-corrected chi connectivity index (χ2v) is 5.89. The number of hydrogen-bond acceptors (Lipinski definition) is 5. The van der Waals surface area contributed by atoms with Gasteiger partial charge in [-0.25, -0.2) is 9.97 Å². The number of aromatic nitrogens is 2. The molecule has 122 valence electrons. The second-order valence-electron chi connectivity index (χ2n) is 5.04. The van der Waals surface area contributed by atoms with Crippen LogP contribution < -0.4 is 10.6 Å². The summed E-state index contributed by atoms with van der Waals surface area (Å²) >= 11 is 3.44. The molecule has 0 saturated carbocycles. The fourth-order valence-electron chi connectivity index (χ4n) is 2.03. The third kappa shape index (κ3) is 4.19. The van der Waals surface area contributed by atoms with E-state index in [0.717, 1.165) is 10.2 Å². The first-order valence-electron chi connectivity index (χ1n) is 7.31. The third-order valence-corrected chi connectivity index (χ3v) is 3.98. The number of nitrogens with one attached hydrogen (secondary N) is 2. The van der Waals surface area contributed by atoms with Crippen LogP contribution in [0.25, 0.3) is 0 Å². The summed E-state index contributed by atoms with van der Waals surface area (Å²) < 4.78 is 0.902.